The van der Waals surface area contributed by atoms with Crippen LogP contribution < -0.4 is 0 Å². The molecule has 1 aliphatic rings. The van der Waals surface area contributed by atoms with Gasteiger partial charge in [-0.25, -0.2) is 4.79 Å². The number of hydrogen-bond acceptors (Lipinski definition) is 2. The van der Waals surface area contributed by atoms with Crippen LogP contribution >= 0.6 is 15.9 Å². The lowest BCUT2D eigenvalue weighted by Gasteiger charge is -2.12. The first kappa shape index (κ1) is 13.7. The zero-order chi connectivity index (χ0) is 12.3. The van der Waals surface area contributed by atoms with Crippen LogP contribution in [0.4, 0.5) is 0 Å². The number of esters is 1. The second-order valence-electron chi connectivity index (χ2n) is 5.16. The molecule has 0 atom stereocenters. The van der Waals surface area contributed by atoms with Crippen molar-refractivity contribution in [3.8, 4) is 0 Å². The van der Waals surface area contributed by atoms with Gasteiger partial charge in [0, 0.05) is 5.57 Å². The van der Waals surface area contributed by atoms with E-state index < -0.39 is 8.07 Å². The van der Waals surface area contributed by atoms with Crippen molar-refractivity contribution in [1.82, 2.24) is 0 Å². The summed E-state index contributed by atoms with van der Waals surface area (Å²) >= 11 is 3.33. The molecule has 4 heteroatoms. The van der Waals surface area contributed by atoms with Gasteiger partial charge in [-0.05, 0) is 28.8 Å². The van der Waals surface area contributed by atoms with E-state index in [1.807, 2.05) is 0 Å². The molecule has 0 radical (unpaired) electrons. The first-order valence-corrected chi connectivity index (χ1v) is 10.1. The van der Waals surface area contributed by atoms with Gasteiger partial charge in [0.15, 0.2) is 0 Å². The summed E-state index contributed by atoms with van der Waals surface area (Å²) < 4.78 is 5.91. The van der Waals surface area contributed by atoms with Crippen LogP contribution in [0.25, 0.3) is 0 Å². The molecule has 2 nitrogen and oxygen atoms in total. The third-order valence-electron chi connectivity index (χ3n) is 2.29. The van der Waals surface area contributed by atoms with Crippen molar-refractivity contribution >= 4 is 30.0 Å². The van der Waals surface area contributed by atoms with E-state index in [9.17, 15) is 4.79 Å². The minimum atomic E-state index is -1.36. The van der Waals surface area contributed by atoms with E-state index in [2.05, 4.69) is 48.2 Å². The number of carbonyl (C=O) groups excluding carboxylic acids is 1. The van der Waals surface area contributed by atoms with Gasteiger partial charge in [-0.2, -0.15) is 0 Å². The quantitative estimate of drug-likeness (QED) is 0.576. The highest BCUT2D eigenvalue weighted by molar-refractivity contribution is 9.12. The van der Waals surface area contributed by atoms with E-state index in [0.29, 0.717) is 4.48 Å². The molecule has 0 aromatic carbocycles. The molecular formula is C12H19BrO2Si. The smallest absolute Gasteiger partial charge is 0.351 e. The summed E-state index contributed by atoms with van der Waals surface area (Å²) in [4.78, 5) is 11.5. The Morgan fingerprint density at radius 3 is 2.50 bits per heavy atom. The molecule has 1 heterocycles. The Kier molecular flexibility index (Phi) is 4.56. The van der Waals surface area contributed by atoms with Gasteiger partial charge in [-0.3, -0.25) is 0 Å². The first-order chi connectivity index (χ1) is 7.35. The number of ether oxygens (including phenoxy) is 1. The molecule has 0 amide bonds. The largest absolute Gasteiger partial charge is 0.423 e. The Morgan fingerprint density at radius 2 is 2.00 bits per heavy atom. The maximum atomic E-state index is 11.5. The molecule has 0 unspecified atom stereocenters. The van der Waals surface area contributed by atoms with Gasteiger partial charge in [0.25, 0.3) is 0 Å². The van der Waals surface area contributed by atoms with Crippen molar-refractivity contribution in [1.29, 1.82) is 0 Å². The Hall–Kier alpha value is -0.353. The highest BCUT2D eigenvalue weighted by atomic mass is 79.9. The lowest BCUT2D eigenvalue weighted by molar-refractivity contribution is -0.132. The van der Waals surface area contributed by atoms with Crippen LogP contribution in [0.5, 0.6) is 0 Å². The normalized spacial score (nSPS) is 19.6. The fourth-order valence-electron chi connectivity index (χ4n) is 1.53. The molecule has 0 aromatic rings. The van der Waals surface area contributed by atoms with Crippen molar-refractivity contribution in [2.45, 2.75) is 45.8 Å². The molecular weight excluding hydrogens is 284 g/mol. The standard InChI is InChI=1S/C12H19BrO2Si/c1-5-6-7-9-10(8-16(2,3)4)15-12(14)11(9)13/h8H,5-7H2,1-4H3/b10-8-. The van der Waals surface area contributed by atoms with Gasteiger partial charge < -0.3 is 4.74 Å². The number of carbonyl (C=O) groups is 1. The van der Waals surface area contributed by atoms with Crippen LogP contribution in [0.15, 0.2) is 21.5 Å². The molecule has 0 aromatic heterocycles. The third kappa shape index (κ3) is 3.59. The molecule has 0 saturated carbocycles. The number of hydrogen-bond donors (Lipinski definition) is 0. The summed E-state index contributed by atoms with van der Waals surface area (Å²) in [5.41, 5.74) is 3.21. The second-order valence-corrected chi connectivity index (χ2v) is 11.0. The molecule has 0 N–H and O–H groups in total. The number of allylic oxidation sites excluding steroid dienone is 1. The van der Waals surface area contributed by atoms with Crippen LogP contribution in [-0.4, -0.2) is 14.0 Å². The molecule has 0 spiro atoms. The van der Waals surface area contributed by atoms with E-state index in [-0.39, 0.29) is 5.97 Å². The van der Waals surface area contributed by atoms with Crippen LogP contribution in [0.3, 0.4) is 0 Å². The zero-order valence-electron chi connectivity index (χ0n) is 10.4. The molecule has 0 aliphatic carbocycles. The van der Waals surface area contributed by atoms with E-state index in [1.165, 1.54) is 0 Å². The van der Waals surface area contributed by atoms with Crippen LogP contribution in [-0.2, 0) is 9.53 Å². The predicted octanol–water partition coefficient (Wildman–Crippen LogP) is 4.14. The fraction of sp³-hybridized carbons (Fsp3) is 0.583. The van der Waals surface area contributed by atoms with Gasteiger partial charge in [0.2, 0.25) is 0 Å². The van der Waals surface area contributed by atoms with Crippen molar-refractivity contribution in [2.75, 3.05) is 0 Å². The average Bonchev–Trinajstić information content (AvgIpc) is 2.38. The molecule has 90 valence electrons. The van der Waals surface area contributed by atoms with E-state index >= 15 is 0 Å². The number of unbranched alkanes of at least 4 members (excludes halogenated alkanes) is 1. The molecule has 0 bridgehead atoms. The summed E-state index contributed by atoms with van der Waals surface area (Å²) in [5, 5.41) is 0. The summed E-state index contributed by atoms with van der Waals surface area (Å²) in [6, 6.07) is 0. The molecule has 1 rings (SSSR count). The second kappa shape index (κ2) is 5.32. The number of halogens is 1. The summed E-state index contributed by atoms with van der Waals surface area (Å²) in [6.45, 7) is 8.85. The van der Waals surface area contributed by atoms with Gasteiger partial charge in [0.05, 0.1) is 8.07 Å². The van der Waals surface area contributed by atoms with Crippen LogP contribution in [0.1, 0.15) is 26.2 Å². The molecule has 0 fully saturated rings. The maximum absolute atomic E-state index is 11.5. The van der Waals surface area contributed by atoms with Gasteiger partial charge in [0.1, 0.15) is 10.2 Å². The number of cyclic esters (lactones) is 1. The van der Waals surface area contributed by atoms with E-state index in [0.717, 1.165) is 30.6 Å². The molecule has 1 aliphatic heterocycles. The lowest BCUT2D eigenvalue weighted by Crippen LogP contribution is -2.17. The van der Waals surface area contributed by atoms with Gasteiger partial charge >= 0.3 is 5.97 Å². The number of rotatable bonds is 4. The van der Waals surface area contributed by atoms with Crippen LogP contribution in [0, 0.1) is 0 Å². The van der Waals surface area contributed by atoms with E-state index in [4.69, 9.17) is 4.74 Å². The minimum Gasteiger partial charge on any atom is -0.423 e. The summed E-state index contributed by atoms with van der Waals surface area (Å²) in [7, 11) is -1.36. The summed E-state index contributed by atoms with van der Waals surface area (Å²) in [5.74, 6) is 0.556. The first-order valence-electron chi connectivity index (χ1n) is 5.69. The SMILES string of the molecule is CCCCC1=C(Br)C(=O)O/C1=C\[Si](C)(C)C. The zero-order valence-corrected chi connectivity index (χ0v) is 13.0. The van der Waals surface area contributed by atoms with Crippen molar-refractivity contribution < 1.29 is 9.53 Å². The Labute approximate surface area is 107 Å². The monoisotopic (exact) mass is 302 g/mol. The Morgan fingerprint density at radius 1 is 1.38 bits per heavy atom. The highest BCUT2D eigenvalue weighted by Crippen LogP contribution is 2.34. The van der Waals surface area contributed by atoms with Gasteiger partial charge in [-0.1, -0.05) is 38.7 Å². The highest BCUT2D eigenvalue weighted by Gasteiger charge is 2.28. The minimum absolute atomic E-state index is 0.240. The van der Waals surface area contributed by atoms with E-state index in [1.54, 1.807) is 0 Å². The van der Waals surface area contributed by atoms with Crippen molar-refractivity contribution in [3.63, 3.8) is 0 Å². The van der Waals surface area contributed by atoms with Crippen LogP contribution in [0.2, 0.25) is 19.6 Å². The Balaban J connectivity index is 2.96. The third-order valence-corrected chi connectivity index (χ3v) is 4.22. The lowest BCUT2D eigenvalue weighted by atomic mass is 10.1. The van der Waals surface area contributed by atoms with Gasteiger partial charge in [-0.15, -0.1) is 0 Å². The summed E-state index contributed by atoms with van der Waals surface area (Å²) in [6.07, 6.45) is 3.13. The maximum Gasteiger partial charge on any atom is 0.351 e. The van der Waals surface area contributed by atoms with Crippen molar-refractivity contribution in [3.05, 3.63) is 21.5 Å². The molecule has 0 saturated heterocycles. The predicted molar refractivity (Wildman–Crippen MR) is 73.0 cm³/mol. The Bertz CT molecular complexity index is 351. The average molecular weight is 303 g/mol. The fourth-order valence-corrected chi connectivity index (χ4v) is 3.03. The molecule has 16 heavy (non-hydrogen) atoms. The van der Waals surface area contributed by atoms with Crippen molar-refractivity contribution in [2.24, 2.45) is 0 Å². The topological polar surface area (TPSA) is 26.3 Å².